The van der Waals surface area contributed by atoms with Crippen LogP contribution in [0.1, 0.15) is 32.6 Å². The molecule has 1 N–H and O–H groups in total. The highest BCUT2D eigenvalue weighted by molar-refractivity contribution is 5.87. The number of hydrogen-bond acceptors (Lipinski definition) is 2. The Morgan fingerprint density at radius 3 is 2.85 bits per heavy atom. The van der Waals surface area contributed by atoms with Crippen LogP contribution in [0.2, 0.25) is 0 Å². The van der Waals surface area contributed by atoms with Gasteiger partial charge in [-0.25, -0.2) is 4.79 Å². The lowest BCUT2D eigenvalue weighted by Gasteiger charge is -2.06. The van der Waals surface area contributed by atoms with Crippen molar-refractivity contribution >= 4 is 5.97 Å². The Labute approximate surface area is 78.4 Å². The minimum absolute atomic E-state index is 0.588. The van der Waals surface area contributed by atoms with Gasteiger partial charge in [0.25, 0.3) is 0 Å². The molecule has 0 saturated carbocycles. The summed E-state index contributed by atoms with van der Waals surface area (Å²) in [5.41, 5.74) is 1.66. The maximum absolute atomic E-state index is 10.8. The maximum atomic E-state index is 10.8. The molecule has 1 rings (SSSR count). The number of carboxylic acid groups (broad SMARTS) is 1. The number of carbonyl (C=O) groups is 1. The zero-order valence-electron chi connectivity index (χ0n) is 8.01. The average molecular weight is 184 g/mol. The topological polar surface area (TPSA) is 46.5 Å². The van der Waals surface area contributed by atoms with E-state index < -0.39 is 5.97 Å². The molecule has 1 saturated heterocycles. The normalized spacial score (nSPS) is 22.2. The number of aliphatic carboxylic acids is 1. The lowest BCUT2D eigenvalue weighted by atomic mass is 9.99. The Bertz CT molecular complexity index is 208. The summed E-state index contributed by atoms with van der Waals surface area (Å²) in [4.78, 5) is 10.8. The molecule has 3 nitrogen and oxygen atoms in total. The monoisotopic (exact) mass is 184 g/mol. The van der Waals surface area contributed by atoms with Gasteiger partial charge in [0.2, 0.25) is 0 Å². The summed E-state index contributed by atoms with van der Waals surface area (Å²) >= 11 is 0. The molecule has 1 fully saturated rings. The maximum Gasteiger partial charge on any atom is 0.331 e. The van der Waals surface area contributed by atoms with Gasteiger partial charge in [-0.05, 0) is 25.7 Å². The smallest absolute Gasteiger partial charge is 0.331 e. The fourth-order valence-electron chi connectivity index (χ4n) is 1.66. The van der Waals surface area contributed by atoms with Crippen molar-refractivity contribution in [1.29, 1.82) is 0 Å². The number of carboxylic acids is 1. The van der Waals surface area contributed by atoms with Gasteiger partial charge in [-0.2, -0.15) is 0 Å². The molecule has 0 amide bonds. The van der Waals surface area contributed by atoms with Gasteiger partial charge < -0.3 is 9.84 Å². The van der Waals surface area contributed by atoms with E-state index >= 15 is 0 Å². The van der Waals surface area contributed by atoms with E-state index in [4.69, 9.17) is 9.84 Å². The first kappa shape index (κ1) is 10.3. The highest BCUT2D eigenvalue weighted by Crippen LogP contribution is 2.20. The molecule has 0 spiro atoms. The van der Waals surface area contributed by atoms with Gasteiger partial charge in [0.1, 0.15) is 0 Å². The molecule has 0 atom stereocenters. The van der Waals surface area contributed by atoms with E-state index in [0.717, 1.165) is 31.4 Å². The van der Waals surface area contributed by atoms with E-state index in [9.17, 15) is 4.79 Å². The largest absolute Gasteiger partial charge is 0.478 e. The Hall–Kier alpha value is -0.830. The molecule has 0 aliphatic carbocycles. The molecule has 13 heavy (non-hydrogen) atoms. The van der Waals surface area contributed by atoms with Gasteiger partial charge in [-0.15, -0.1) is 0 Å². The van der Waals surface area contributed by atoms with Crippen LogP contribution in [0.15, 0.2) is 11.1 Å². The van der Waals surface area contributed by atoms with Crippen molar-refractivity contribution < 1.29 is 14.6 Å². The predicted molar refractivity (Wildman–Crippen MR) is 49.6 cm³/mol. The van der Waals surface area contributed by atoms with Crippen molar-refractivity contribution in [3.63, 3.8) is 0 Å². The van der Waals surface area contributed by atoms with Crippen LogP contribution in [0.4, 0.5) is 0 Å². The fourth-order valence-corrected chi connectivity index (χ4v) is 1.66. The molecule has 0 bridgehead atoms. The summed E-state index contributed by atoms with van der Waals surface area (Å²) in [6.07, 6.45) is 3.24. The lowest BCUT2D eigenvalue weighted by molar-refractivity contribution is -0.132. The lowest BCUT2D eigenvalue weighted by Crippen LogP contribution is -2.04. The van der Waals surface area contributed by atoms with Crippen LogP contribution in [-0.2, 0) is 9.53 Å². The first-order chi connectivity index (χ1) is 6.25. The van der Waals surface area contributed by atoms with Crippen molar-refractivity contribution in [2.45, 2.75) is 32.6 Å². The molecule has 0 aromatic rings. The van der Waals surface area contributed by atoms with Crippen molar-refractivity contribution in [1.82, 2.24) is 0 Å². The summed E-state index contributed by atoms with van der Waals surface area (Å²) in [6.45, 7) is 3.33. The van der Waals surface area contributed by atoms with Gasteiger partial charge in [0, 0.05) is 12.2 Å². The van der Waals surface area contributed by atoms with Crippen LogP contribution in [0.3, 0.4) is 0 Å². The molecule has 1 aliphatic heterocycles. The van der Waals surface area contributed by atoms with Crippen molar-refractivity contribution in [2.24, 2.45) is 0 Å². The molecule has 1 heterocycles. The molecule has 0 unspecified atom stereocenters. The molecular formula is C10H16O3. The third-order valence-electron chi connectivity index (χ3n) is 2.35. The molecule has 3 heteroatoms. The van der Waals surface area contributed by atoms with Crippen LogP contribution in [-0.4, -0.2) is 24.3 Å². The second-order valence-corrected chi connectivity index (χ2v) is 3.21. The second-order valence-electron chi connectivity index (χ2n) is 3.21. The van der Waals surface area contributed by atoms with Gasteiger partial charge in [0.05, 0.1) is 6.61 Å². The Kier molecular flexibility index (Phi) is 3.96. The van der Waals surface area contributed by atoms with E-state index in [1.807, 2.05) is 6.92 Å². The third kappa shape index (κ3) is 2.84. The predicted octanol–water partition coefficient (Wildman–Crippen LogP) is 1.98. The first-order valence-electron chi connectivity index (χ1n) is 4.77. The molecule has 0 radical (unpaired) electrons. The molecular weight excluding hydrogens is 168 g/mol. The standard InChI is InChI=1S/C10H16O3/c1-2-9(10(11)12)8-4-3-6-13-7-5-8/h2-7H2,1H3,(H,11,12)/b9-8-. The number of hydrogen-bond donors (Lipinski definition) is 1. The summed E-state index contributed by atoms with van der Waals surface area (Å²) < 4.78 is 5.27. The van der Waals surface area contributed by atoms with Crippen LogP contribution in [0, 0.1) is 0 Å². The van der Waals surface area contributed by atoms with E-state index in [-0.39, 0.29) is 0 Å². The minimum Gasteiger partial charge on any atom is -0.478 e. The SMILES string of the molecule is CC/C(C(=O)O)=C1\CCCOCC1. The van der Waals surface area contributed by atoms with E-state index in [0.29, 0.717) is 18.6 Å². The third-order valence-corrected chi connectivity index (χ3v) is 2.35. The van der Waals surface area contributed by atoms with Gasteiger partial charge in [0.15, 0.2) is 0 Å². The van der Waals surface area contributed by atoms with Crippen LogP contribution < -0.4 is 0 Å². The summed E-state index contributed by atoms with van der Waals surface area (Å²) in [5, 5.41) is 8.92. The zero-order valence-corrected chi connectivity index (χ0v) is 8.01. The molecule has 0 aromatic heterocycles. The Morgan fingerprint density at radius 2 is 2.23 bits per heavy atom. The van der Waals surface area contributed by atoms with E-state index in [1.165, 1.54) is 0 Å². The van der Waals surface area contributed by atoms with Crippen molar-refractivity contribution in [3.8, 4) is 0 Å². The number of rotatable bonds is 2. The number of ether oxygens (including phenoxy) is 1. The van der Waals surface area contributed by atoms with Crippen molar-refractivity contribution in [3.05, 3.63) is 11.1 Å². The first-order valence-corrected chi connectivity index (χ1v) is 4.77. The minimum atomic E-state index is -0.764. The Morgan fingerprint density at radius 1 is 1.46 bits per heavy atom. The Balaban J connectivity index is 2.77. The van der Waals surface area contributed by atoms with Gasteiger partial charge >= 0.3 is 5.97 Å². The molecule has 74 valence electrons. The molecule has 1 aliphatic rings. The summed E-state index contributed by atoms with van der Waals surface area (Å²) in [7, 11) is 0. The van der Waals surface area contributed by atoms with Crippen LogP contribution in [0.5, 0.6) is 0 Å². The van der Waals surface area contributed by atoms with Gasteiger partial charge in [-0.1, -0.05) is 12.5 Å². The van der Waals surface area contributed by atoms with Crippen LogP contribution >= 0.6 is 0 Å². The quantitative estimate of drug-likeness (QED) is 0.667. The van der Waals surface area contributed by atoms with Crippen molar-refractivity contribution in [2.75, 3.05) is 13.2 Å². The second kappa shape index (κ2) is 5.02. The highest BCUT2D eigenvalue weighted by Gasteiger charge is 2.13. The van der Waals surface area contributed by atoms with E-state index in [2.05, 4.69) is 0 Å². The average Bonchev–Trinajstić information content (AvgIpc) is 2.33. The summed E-state index contributed by atoms with van der Waals surface area (Å²) in [6, 6.07) is 0. The van der Waals surface area contributed by atoms with Gasteiger partial charge in [-0.3, -0.25) is 0 Å². The summed E-state index contributed by atoms with van der Waals surface area (Å²) in [5.74, 6) is -0.764. The fraction of sp³-hybridized carbons (Fsp3) is 0.700. The zero-order chi connectivity index (χ0) is 9.68. The van der Waals surface area contributed by atoms with E-state index in [1.54, 1.807) is 0 Å². The van der Waals surface area contributed by atoms with Crippen LogP contribution in [0.25, 0.3) is 0 Å². The molecule has 0 aromatic carbocycles. The highest BCUT2D eigenvalue weighted by atomic mass is 16.5.